The topological polar surface area (TPSA) is 52.7 Å². The van der Waals surface area contributed by atoms with E-state index in [1.54, 1.807) is 30.5 Å². The smallest absolute Gasteiger partial charge is 0.265 e. The van der Waals surface area contributed by atoms with E-state index in [1.165, 1.54) is 21.5 Å². The predicted octanol–water partition coefficient (Wildman–Crippen LogP) is 3.73. The van der Waals surface area contributed by atoms with Crippen LogP contribution in [0.4, 0.5) is 4.39 Å². The van der Waals surface area contributed by atoms with Crippen LogP contribution in [0, 0.1) is 12.7 Å². The molecule has 0 fully saturated rings. The van der Waals surface area contributed by atoms with Gasteiger partial charge in [0, 0.05) is 10.4 Å². The average Bonchev–Trinajstić information content (AvgIpc) is 3.08. The van der Waals surface area contributed by atoms with Crippen molar-refractivity contribution >= 4 is 22.5 Å². The lowest BCUT2D eigenvalue weighted by Crippen LogP contribution is -2.26. The number of aromatic nitrogens is 4. The van der Waals surface area contributed by atoms with Crippen molar-refractivity contribution in [3.05, 3.63) is 87.2 Å². The number of benzene rings is 2. The second kappa shape index (κ2) is 6.38. The molecular weight excluding hydrogens is 355 g/mol. The minimum atomic E-state index is -0.344. The molecule has 0 aliphatic heterocycles. The minimum absolute atomic E-state index is 0.262. The van der Waals surface area contributed by atoms with E-state index >= 15 is 0 Å². The fourth-order valence-corrected chi connectivity index (χ4v) is 3.00. The molecule has 0 bridgehead atoms. The van der Waals surface area contributed by atoms with Crippen molar-refractivity contribution < 1.29 is 4.39 Å². The molecule has 0 spiro atoms. The van der Waals surface area contributed by atoms with Crippen LogP contribution in [-0.4, -0.2) is 19.6 Å². The first kappa shape index (κ1) is 16.5. The van der Waals surface area contributed by atoms with Gasteiger partial charge in [-0.15, -0.1) is 0 Å². The molecule has 2 aromatic heterocycles. The van der Waals surface area contributed by atoms with Gasteiger partial charge >= 0.3 is 0 Å². The van der Waals surface area contributed by atoms with Gasteiger partial charge in [0.25, 0.3) is 5.56 Å². The van der Waals surface area contributed by atoms with E-state index in [0.29, 0.717) is 33.9 Å². The summed E-state index contributed by atoms with van der Waals surface area (Å²) in [5, 5.41) is 10.0. The normalized spacial score (nSPS) is 11.2. The van der Waals surface area contributed by atoms with Gasteiger partial charge < -0.3 is 0 Å². The van der Waals surface area contributed by atoms with Gasteiger partial charge in [0.1, 0.15) is 11.3 Å². The molecule has 4 aromatic rings. The molecule has 130 valence electrons. The molecule has 0 atom stereocenters. The summed E-state index contributed by atoms with van der Waals surface area (Å²) in [6.45, 7) is 2.15. The second-order valence-electron chi connectivity index (χ2n) is 5.97. The Balaban J connectivity index is 1.87. The number of nitrogens with zero attached hydrogens (tertiary/aromatic N) is 4. The van der Waals surface area contributed by atoms with Crippen LogP contribution in [0.2, 0.25) is 5.02 Å². The van der Waals surface area contributed by atoms with Crippen LogP contribution >= 0.6 is 11.6 Å². The third kappa shape index (κ3) is 2.88. The maximum atomic E-state index is 13.2. The van der Waals surface area contributed by atoms with Gasteiger partial charge in [-0.3, -0.25) is 4.79 Å². The van der Waals surface area contributed by atoms with Gasteiger partial charge in [-0.2, -0.15) is 10.2 Å². The summed E-state index contributed by atoms with van der Waals surface area (Å²) in [4.78, 5) is 13.0. The van der Waals surface area contributed by atoms with Crippen molar-refractivity contribution in [2.45, 2.75) is 13.5 Å². The molecule has 2 aromatic carbocycles. The highest BCUT2D eigenvalue weighted by Gasteiger charge is 2.15. The van der Waals surface area contributed by atoms with Gasteiger partial charge in [-0.05, 0) is 48.9 Å². The molecule has 4 rings (SSSR count). The van der Waals surface area contributed by atoms with Crippen LogP contribution < -0.4 is 5.56 Å². The second-order valence-corrected chi connectivity index (χ2v) is 6.41. The molecule has 0 aliphatic rings. The zero-order valence-corrected chi connectivity index (χ0v) is 14.6. The van der Waals surface area contributed by atoms with E-state index in [9.17, 15) is 9.18 Å². The van der Waals surface area contributed by atoms with Gasteiger partial charge in [-0.1, -0.05) is 23.7 Å². The molecule has 0 aliphatic carbocycles. The molecule has 26 heavy (non-hydrogen) atoms. The van der Waals surface area contributed by atoms with Crippen LogP contribution in [-0.2, 0) is 6.54 Å². The van der Waals surface area contributed by atoms with Crippen LogP contribution in [0.25, 0.3) is 16.6 Å². The summed E-state index contributed by atoms with van der Waals surface area (Å²) in [5.41, 5.74) is 2.38. The van der Waals surface area contributed by atoms with E-state index in [-0.39, 0.29) is 11.4 Å². The summed E-state index contributed by atoms with van der Waals surface area (Å²) in [6.07, 6.45) is 1.61. The Hall–Kier alpha value is -2.99. The maximum absolute atomic E-state index is 13.2. The van der Waals surface area contributed by atoms with E-state index in [2.05, 4.69) is 10.2 Å². The Labute approximate surface area is 153 Å². The summed E-state index contributed by atoms with van der Waals surface area (Å²) in [5.74, 6) is -0.344. The van der Waals surface area contributed by atoms with Gasteiger partial charge in [-0.25, -0.2) is 13.8 Å². The Kier molecular flexibility index (Phi) is 4.05. The Morgan fingerprint density at radius 1 is 1.08 bits per heavy atom. The SMILES string of the molecule is Cc1nn(Cc2ccc(Cl)cc2)c(=O)c2c1cnn2-c1ccc(F)cc1. The number of aryl methyl sites for hydroxylation is 1. The summed E-state index contributed by atoms with van der Waals surface area (Å²) in [6, 6.07) is 13.1. The zero-order valence-electron chi connectivity index (χ0n) is 13.9. The largest absolute Gasteiger partial charge is 0.293 e. The lowest BCUT2D eigenvalue weighted by Gasteiger charge is -2.09. The van der Waals surface area contributed by atoms with E-state index in [4.69, 9.17) is 11.6 Å². The maximum Gasteiger partial charge on any atom is 0.293 e. The molecule has 0 saturated heterocycles. The lowest BCUT2D eigenvalue weighted by molar-refractivity contribution is 0.626. The number of rotatable bonds is 3. The monoisotopic (exact) mass is 368 g/mol. The highest BCUT2D eigenvalue weighted by Crippen LogP contribution is 2.18. The van der Waals surface area contributed by atoms with Crippen LogP contribution in [0.15, 0.2) is 59.5 Å². The molecule has 2 heterocycles. The highest BCUT2D eigenvalue weighted by atomic mass is 35.5. The molecule has 7 heteroatoms. The van der Waals surface area contributed by atoms with Crippen molar-refractivity contribution in [3.63, 3.8) is 0 Å². The van der Waals surface area contributed by atoms with Crippen molar-refractivity contribution in [1.29, 1.82) is 0 Å². The molecule has 0 radical (unpaired) electrons. The van der Waals surface area contributed by atoms with E-state index in [1.807, 2.05) is 19.1 Å². The molecule has 0 unspecified atom stereocenters. The summed E-state index contributed by atoms with van der Waals surface area (Å²) >= 11 is 5.91. The van der Waals surface area contributed by atoms with Crippen molar-refractivity contribution in [3.8, 4) is 5.69 Å². The molecular formula is C19H14ClFN4O. The number of fused-ring (bicyclic) bond motifs is 1. The first-order valence-corrected chi connectivity index (χ1v) is 8.36. The number of halogens is 2. The van der Waals surface area contributed by atoms with Gasteiger partial charge in [0.2, 0.25) is 0 Å². The minimum Gasteiger partial charge on any atom is -0.265 e. The number of hydrogen-bond donors (Lipinski definition) is 0. The van der Waals surface area contributed by atoms with Gasteiger partial charge in [0.05, 0.1) is 24.1 Å². The fourth-order valence-electron chi connectivity index (χ4n) is 2.87. The highest BCUT2D eigenvalue weighted by molar-refractivity contribution is 6.30. The zero-order chi connectivity index (χ0) is 18.3. The molecule has 0 N–H and O–H groups in total. The van der Waals surface area contributed by atoms with Crippen molar-refractivity contribution in [1.82, 2.24) is 19.6 Å². The van der Waals surface area contributed by atoms with Crippen molar-refractivity contribution in [2.24, 2.45) is 0 Å². The number of hydrogen-bond acceptors (Lipinski definition) is 3. The van der Waals surface area contributed by atoms with Crippen LogP contribution in [0.1, 0.15) is 11.3 Å². The lowest BCUT2D eigenvalue weighted by atomic mass is 10.2. The Morgan fingerprint density at radius 2 is 1.77 bits per heavy atom. The quantitative estimate of drug-likeness (QED) is 0.553. The molecule has 0 amide bonds. The molecule has 5 nitrogen and oxygen atoms in total. The van der Waals surface area contributed by atoms with Crippen LogP contribution in [0.3, 0.4) is 0 Å². The summed E-state index contributed by atoms with van der Waals surface area (Å²) in [7, 11) is 0. The average molecular weight is 369 g/mol. The van der Waals surface area contributed by atoms with E-state index < -0.39 is 0 Å². The fraction of sp³-hybridized carbons (Fsp3) is 0.105. The predicted molar refractivity (Wildman–Crippen MR) is 98.4 cm³/mol. The molecule has 0 saturated carbocycles. The summed E-state index contributed by atoms with van der Waals surface area (Å²) < 4.78 is 16.1. The first-order valence-electron chi connectivity index (χ1n) is 7.99. The van der Waals surface area contributed by atoms with E-state index in [0.717, 1.165) is 5.56 Å². The Bertz CT molecular complexity index is 1150. The first-order chi connectivity index (χ1) is 12.5. The third-order valence-corrected chi connectivity index (χ3v) is 4.44. The van der Waals surface area contributed by atoms with Crippen molar-refractivity contribution in [2.75, 3.05) is 0 Å². The Morgan fingerprint density at radius 3 is 2.46 bits per heavy atom. The van der Waals surface area contributed by atoms with Gasteiger partial charge in [0.15, 0.2) is 0 Å². The standard InChI is InChI=1S/C19H14ClFN4O/c1-12-17-10-22-25(16-8-6-15(21)7-9-16)18(17)19(26)24(23-12)11-13-2-4-14(20)5-3-13/h2-10H,11H2,1H3. The van der Waals surface area contributed by atoms with Crippen LogP contribution in [0.5, 0.6) is 0 Å². The third-order valence-electron chi connectivity index (χ3n) is 4.18.